The third-order valence-corrected chi connectivity index (χ3v) is 4.92. The Hall–Kier alpha value is -2.34. The van der Waals surface area contributed by atoms with E-state index in [1.165, 1.54) is 0 Å². The van der Waals surface area contributed by atoms with Crippen LogP contribution in [0.15, 0.2) is 24.3 Å². The summed E-state index contributed by atoms with van der Waals surface area (Å²) in [6.07, 6.45) is 5.83. The van der Waals surface area contributed by atoms with Gasteiger partial charge in [0.1, 0.15) is 0 Å². The predicted molar refractivity (Wildman–Crippen MR) is 106 cm³/mol. The Morgan fingerprint density at radius 2 is 2.07 bits per heavy atom. The van der Waals surface area contributed by atoms with Gasteiger partial charge < -0.3 is 15.2 Å². The van der Waals surface area contributed by atoms with Crippen molar-refractivity contribution in [3.05, 3.63) is 46.5 Å². The Bertz CT molecular complexity index is 831. The molecule has 2 amide bonds. The van der Waals surface area contributed by atoms with Crippen LogP contribution in [-0.4, -0.2) is 27.9 Å². The second kappa shape index (κ2) is 9.04. The average molecular weight is 389 g/mol. The van der Waals surface area contributed by atoms with Crippen LogP contribution in [0.3, 0.4) is 0 Å². The average Bonchev–Trinajstić information content (AvgIpc) is 3.05. The van der Waals surface area contributed by atoms with Crippen LogP contribution in [0.4, 0.5) is 5.69 Å². The number of fused-ring (bicyclic) bond motifs is 1. The molecule has 144 valence electrons. The lowest BCUT2D eigenvalue weighted by atomic mass is 10.1. The number of nitrogens with zero attached hydrogens (tertiary/aromatic N) is 2. The van der Waals surface area contributed by atoms with Crippen molar-refractivity contribution < 1.29 is 9.59 Å². The fourth-order valence-corrected chi connectivity index (χ4v) is 3.50. The lowest BCUT2D eigenvalue weighted by molar-refractivity contribution is 0.0937. The minimum absolute atomic E-state index is 0.212. The standard InChI is InChI=1S/C20H25ClN4O2/c1-2-3-5-11-22-20(27)18-24-17(16-10-4-6-12-25(16)18)19(26)23-15-9-7-8-14(21)13-15/h7-9,13H,2-6,10-12H2,1H3,(H,22,27)(H,23,26). The quantitative estimate of drug-likeness (QED) is 0.702. The number of carbonyl (C=O) groups is 2. The molecule has 1 aliphatic rings. The van der Waals surface area contributed by atoms with Gasteiger partial charge in [-0.2, -0.15) is 0 Å². The van der Waals surface area contributed by atoms with Crippen LogP contribution in [0, 0.1) is 0 Å². The van der Waals surface area contributed by atoms with Gasteiger partial charge in [-0.15, -0.1) is 0 Å². The van der Waals surface area contributed by atoms with Gasteiger partial charge in [0.05, 0.1) is 5.69 Å². The number of aromatic nitrogens is 2. The van der Waals surface area contributed by atoms with E-state index in [9.17, 15) is 9.59 Å². The monoisotopic (exact) mass is 388 g/mol. The minimum Gasteiger partial charge on any atom is -0.349 e. The molecule has 2 aromatic rings. The lowest BCUT2D eigenvalue weighted by Crippen LogP contribution is -2.28. The van der Waals surface area contributed by atoms with Crippen LogP contribution in [0.25, 0.3) is 0 Å². The first-order valence-corrected chi connectivity index (χ1v) is 9.92. The number of imidazole rings is 1. The number of hydrogen-bond acceptors (Lipinski definition) is 3. The molecule has 0 atom stereocenters. The molecule has 0 saturated heterocycles. The SMILES string of the molecule is CCCCCNC(=O)c1nc(C(=O)Nc2cccc(Cl)c2)c2n1CCCC2. The van der Waals surface area contributed by atoms with Crippen molar-refractivity contribution >= 4 is 29.1 Å². The Labute approximate surface area is 164 Å². The third kappa shape index (κ3) is 4.69. The van der Waals surface area contributed by atoms with Crippen LogP contribution < -0.4 is 10.6 Å². The molecule has 1 aromatic heterocycles. The van der Waals surface area contributed by atoms with Crippen molar-refractivity contribution in [2.45, 2.75) is 52.0 Å². The number of unbranched alkanes of at least 4 members (excludes halogenated alkanes) is 2. The highest BCUT2D eigenvalue weighted by Crippen LogP contribution is 2.23. The minimum atomic E-state index is -0.312. The second-order valence-corrected chi connectivity index (χ2v) is 7.20. The maximum atomic E-state index is 12.8. The highest BCUT2D eigenvalue weighted by molar-refractivity contribution is 6.31. The van der Waals surface area contributed by atoms with E-state index in [0.717, 1.165) is 44.2 Å². The number of rotatable bonds is 7. The molecule has 0 radical (unpaired) electrons. The molecular formula is C20H25ClN4O2. The van der Waals surface area contributed by atoms with Crippen molar-refractivity contribution in [2.75, 3.05) is 11.9 Å². The number of nitrogens with one attached hydrogen (secondary N) is 2. The molecule has 0 aliphatic carbocycles. The second-order valence-electron chi connectivity index (χ2n) is 6.77. The molecular weight excluding hydrogens is 364 g/mol. The summed E-state index contributed by atoms with van der Waals surface area (Å²) in [5, 5.41) is 6.30. The van der Waals surface area contributed by atoms with Gasteiger partial charge in [0, 0.05) is 23.8 Å². The van der Waals surface area contributed by atoms with Gasteiger partial charge in [0.2, 0.25) is 0 Å². The summed E-state index contributed by atoms with van der Waals surface area (Å²) in [5.41, 5.74) is 1.77. The molecule has 0 fully saturated rings. The number of anilines is 1. The van der Waals surface area contributed by atoms with Gasteiger partial charge in [-0.1, -0.05) is 37.4 Å². The molecule has 1 aliphatic heterocycles. The maximum absolute atomic E-state index is 12.8. The summed E-state index contributed by atoms with van der Waals surface area (Å²) in [6, 6.07) is 6.98. The molecule has 3 rings (SSSR count). The normalized spacial score (nSPS) is 13.1. The summed E-state index contributed by atoms with van der Waals surface area (Å²) in [4.78, 5) is 29.8. The van der Waals surface area contributed by atoms with E-state index in [-0.39, 0.29) is 11.8 Å². The summed E-state index contributed by atoms with van der Waals surface area (Å²) in [7, 11) is 0. The molecule has 2 N–H and O–H groups in total. The van der Waals surface area contributed by atoms with Crippen molar-refractivity contribution in [2.24, 2.45) is 0 Å². The fourth-order valence-electron chi connectivity index (χ4n) is 3.31. The van der Waals surface area contributed by atoms with Crippen molar-refractivity contribution in [3.63, 3.8) is 0 Å². The van der Waals surface area contributed by atoms with E-state index in [2.05, 4.69) is 22.5 Å². The van der Waals surface area contributed by atoms with Crippen molar-refractivity contribution in [3.8, 4) is 0 Å². The zero-order chi connectivity index (χ0) is 19.2. The summed E-state index contributed by atoms with van der Waals surface area (Å²) in [5.74, 6) is -0.193. The van der Waals surface area contributed by atoms with Crippen LogP contribution in [0.1, 0.15) is 65.8 Å². The van der Waals surface area contributed by atoms with E-state index >= 15 is 0 Å². The summed E-state index contributed by atoms with van der Waals surface area (Å²) >= 11 is 5.98. The van der Waals surface area contributed by atoms with Crippen LogP contribution in [0.5, 0.6) is 0 Å². The lowest BCUT2D eigenvalue weighted by Gasteiger charge is -2.17. The number of halogens is 1. The number of hydrogen-bond donors (Lipinski definition) is 2. The van der Waals surface area contributed by atoms with Gasteiger partial charge in [0.25, 0.3) is 11.8 Å². The Morgan fingerprint density at radius 1 is 1.22 bits per heavy atom. The van der Waals surface area contributed by atoms with Crippen molar-refractivity contribution in [1.29, 1.82) is 0 Å². The molecule has 0 unspecified atom stereocenters. The maximum Gasteiger partial charge on any atom is 0.287 e. The Kier molecular flexibility index (Phi) is 6.50. The molecule has 7 heteroatoms. The molecule has 6 nitrogen and oxygen atoms in total. The topological polar surface area (TPSA) is 76.0 Å². The van der Waals surface area contributed by atoms with Gasteiger partial charge in [0.15, 0.2) is 11.5 Å². The van der Waals surface area contributed by atoms with Crippen LogP contribution in [-0.2, 0) is 13.0 Å². The number of carbonyl (C=O) groups excluding carboxylic acids is 2. The molecule has 2 heterocycles. The zero-order valence-electron chi connectivity index (χ0n) is 15.6. The summed E-state index contributed by atoms with van der Waals surface area (Å²) < 4.78 is 1.89. The van der Waals surface area contributed by atoms with Crippen molar-refractivity contribution in [1.82, 2.24) is 14.9 Å². The Balaban J connectivity index is 1.80. The van der Waals surface area contributed by atoms with E-state index in [0.29, 0.717) is 35.3 Å². The molecule has 27 heavy (non-hydrogen) atoms. The number of amides is 2. The van der Waals surface area contributed by atoms with Crippen LogP contribution in [0.2, 0.25) is 5.02 Å². The van der Waals surface area contributed by atoms with Crippen LogP contribution >= 0.6 is 11.6 Å². The van der Waals surface area contributed by atoms with Gasteiger partial charge in [-0.05, 0) is 43.9 Å². The van der Waals surface area contributed by atoms with E-state index in [1.54, 1.807) is 24.3 Å². The molecule has 1 aromatic carbocycles. The van der Waals surface area contributed by atoms with E-state index in [1.807, 2.05) is 4.57 Å². The van der Waals surface area contributed by atoms with Gasteiger partial charge in [-0.3, -0.25) is 9.59 Å². The van der Waals surface area contributed by atoms with E-state index in [4.69, 9.17) is 11.6 Å². The first kappa shape index (κ1) is 19.4. The zero-order valence-corrected chi connectivity index (χ0v) is 16.3. The fraction of sp³-hybridized carbons (Fsp3) is 0.450. The van der Waals surface area contributed by atoms with Gasteiger partial charge >= 0.3 is 0 Å². The highest BCUT2D eigenvalue weighted by Gasteiger charge is 2.27. The first-order chi connectivity index (χ1) is 13.1. The summed E-state index contributed by atoms with van der Waals surface area (Å²) in [6.45, 7) is 3.46. The highest BCUT2D eigenvalue weighted by atomic mass is 35.5. The molecule has 0 spiro atoms. The smallest absolute Gasteiger partial charge is 0.287 e. The number of benzene rings is 1. The largest absolute Gasteiger partial charge is 0.349 e. The predicted octanol–water partition coefficient (Wildman–Crippen LogP) is 4.05. The van der Waals surface area contributed by atoms with Gasteiger partial charge in [-0.25, -0.2) is 4.98 Å². The van der Waals surface area contributed by atoms with E-state index < -0.39 is 0 Å². The Morgan fingerprint density at radius 3 is 2.85 bits per heavy atom. The first-order valence-electron chi connectivity index (χ1n) is 9.54. The molecule has 0 bridgehead atoms. The third-order valence-electron chi connectivity index (χ3n) is 4.68. The molecule has 0 saturated carbocycles.